The Bertz CT molecular complexity index is 935. The van der Waals surface area contributed by atoms with Crippen LogP contribution in [0, 0.1) is 33.5 Å². The highest BCUT2D eigenvalue weighted by Gasteiger charge is 2.21. The van der Waals surface area contributed by atoms with Gasteiger partial charge in [-0.25, -0.2) is 4.39 Å². The van der Waals surface area contributed by atoms with Crippen LogP contribution in [0.2, 0.25) is 0 Å². The van der Waals surface area contributed by atoms with Crippen LogP contribution in [0.3, 0.4) is 0 Å². The number of aromatic nitrogens is 2. The maximum Gasteiger partial charge on any atom is 0.255 e. The summed E-state index contributed by atoms with van der Waals surface area (Å²) < 4.78 is 20.3. The summed E-state index contributed by atoms with van der Waals surface area (Å²) in [4.78, 5) is 14.6. The Morgan fingerprint density at radius 2 is 1.85 bits per heavy atom. The molecule has 0 unspecified atom stereocenters. The largest absolute Gasteiger partial charge is 0.361 e. The van der Waals surface area contributed by atoms with Gasteiger partial charge < -0.3 is 14.0 Å². The standard InChI is InChI=1S/C20H22FN3O2/c1-12-10-18(14(3)24(12)17-8-6-16(21)7-9-17)20(25)23(5)11-19-13(2)22-26-15(19)4/h6-10H,11H2,1-5H3. The number of carbonyl (C=O) groups excluding carboxylic acids is 1. The molecular formula is C20H22FN3O2. The van der Waals surface area contributed by atoms with E-state index in [1.165, 1.54) is 12.1 Å². The second kappa shape index (κ2) is 6.78. The van der Waals surface area contributed by atoms with Crippen molar-refractivity contribution in [2.24, 2.45) is 0 Å². The third-order valence-corrected chi connectivity index (χ3v) is 4.67. The van der Waals surface area contributed by atoms with Crippen LogP contribution in [0.4, 0.5) is 4.39 Å². The SMILES string of the molecule is Cc1noc(C)c1CN(C)C(=O)c1cc(C)n(-c2ccc(F)cc2)c1C. The number of rotatable bonds is 4. The van der Waals surface area contributed by atoms with Gasteiger partial charge in [0, 0.05) is 29.7 Å². The molecule has 26 heavy (non-hydrogen) atoms. The minimum atomic E-state index is -0.285. The van der Waals surface area contributed by atoms with Crippen molar-refractivity contribution < 1.29 is 13.7 Å². The first-order valence-corrected chi connectivity index (χ1v) is 8.41. The molecule has 0 saturated carbocycles. The van der Waals surface area contributed by atoms with E-state index in [2.05, 4.69) is 5.16 Å². The predicted molar refractivity (Wildman–Crippen MR) is 97.0 cm³/mol. The van der Waals surface area contributed by atoms with E-state index in [-0.39, 0.29) is 11.7 Å². The molecule has 3 aromatic rings. The Morgan fingerprint density at radius 1 is 1.19 bits per heavy atom. The lowest BCUT2D eigenvalue weighted by Crippen LogP contribution is -2.27. The van der Waals surface area contributed by atoms with Gasteiger partial charge in [0.25, 0.3) is 5.91 Å². The lowest BCUT2D eigenvalue weighted by atomic mass is 10.1. The number of hydrogen-bond acceptors (Lipinski definition) is 3. The summed E-state index contributed by atoms with van der Waals surface area (Å²) in [6, 6.07) is 8.11. The van der Waals surface area contributed by atoms with E-state index in [9.17, 15) is 9.18 Å². The maximum atomic E-state index is 13.2. The van der Waals surface area contributed by atoms with Gasteiger partial charge in [-0.3, -0.25) is 4.79 Å². The first-order chi connectivity index (χ1) is 12.3. The molecule has 2 heterocycles. The number of nitrogens with zero attached hydrogens (tertiary/aromatic N) is 3. The normalized spacial score (nSPS) is 11.0. The summed E-state index contributed by atoms with van der Waals surface area (Å²) in [5.74, 6) is 0.358. The highest BCUT2D eigenvalue weighted by atomic mass is 19.1. The number of amides is 1. The van der Waals surface area contributed by atoms with Crippen LogP contribution >= 0.6 is 0 Å². The number of aryl methyl sites for hydroxylation is 3. The zero-order valence-electron chi connectivity index (χ0n) is 15.6. The monoisotopic (exact) mass is 355 g/mol. The first-order valence-electron chi connectivity index (χ1n) is 8.41. The van der Waals surface area contributed by atoms with E-state index in [0.29, 0.717) is 12.1 Å². The molecule has 3 rings (SSSR count). The molecule has 0 spiro atoms. The fourth-order valence-electron chi connectivity index (χ4n) is 3.21. The smallest absolute Gasteiger partial charge is 0.255 e. The van der Waals surface area contributed by atoms with Gasteiger partial charge >= 0.3 is 0 Å². The molecule has 2 aromatic heterocycles. The average molecular weight is 355 g/mol. The first kappa shape index (κ1) is 17.9. The molecule has 0 radical (unpaired) electrons. The van der Waals surface area contributed by atoms with Crippen LogP contribution in [-0.4, -0.2) is 27.6 Å². The van der Waals surface area contributed by atoms with E-state index >= 15 is 0 Å². The molecule has 0 atom stereocenters. The van der Waals surface area contributed by atoms with E-state index < -0.39 is 0 Å². The molecule has 136 valence electrons. The second-order valence-corrected chi connectivity index (χ2v) is 6.56. The number of carbonyl (C=O) groups is 1. The van der Waals surface area contributed by atoms with E-state index in [1.807, 2.05) is 38.3 Å². The number of hydrogen-bond donors (Lipinski definition) is 0. The predicted octanol–water partition coefficient (Wildman–Crippen LogP) is 4.11. The molecule has 0 N–H and O–H groups in total. The van der Waals surface area contributed by atoms with Crippen molar-refractivity contribution in [3.63, 3.8) is 0 Å². The van der Waals surface area contributed by atoms with Crippen molar-refractivity contribution in [2.75, 3.05) is 7.05 Å². The Labute approximate surface area is 152 Å². The topological polar surface area (TPSA) is 51.3 Å². The fraction of sp³-hybridized carbons (Fsp3) is 0.300. The Hall–Kier alpha value is -2.89. The summed E-state index contributed by atoms with van der Waals surface area (Å²) in [5.41, 5.74) is 4.91. The highest BCUT2D eigenvalue weighted by Crippen LogP contribution is 2.23. The van der Waals surface area contributed by atoms with Crippen molar-refractivity contribution in [1.82, 2.24) is 14.6 Å². The number of benzene rings is 1. The van der Waals surface area contributed by atoms with Gasteiger partial charge in [0.15, 0.2) is 0 Å². The molecule has 1 amide bonds. The van der Waals surface area contributed by atoms with Crippen LogP contribution in [0.15, 0.2) is 34.9 Å². The zero-order valence-corrected chi connectivity index (χ0v) is 15.6. The summed E-state index contributed by atoms with van der Waals surface area (Å²) in [6.45, 7) is 7.97. The van der Waals surface area contributed by atoms with Crippen LogP contribution in [-0.2, 0) is 6.54 Å². The van der Waals surface area contributed by atoms with Gasteiger partial charge in [0.2, 0.25) is 0 Å². The highest BCUT2D eigenvalue weighted by molar-refractivity contribution is 5.95. The van der Waals surface area contributed by atoms with Crippen molar-refractivity contribution in [2.45, 2.75) is 34.2 Å². The van der Waals surface area contributed by atoms with Gasteiger partial charge in [0.1, 0.15) is 11.6 Å². The van der Waals surface area contributed by atoms with Gasteiger partial charge in [0.05, 0.1) is 17.8 Å². The summed E-state index contributed by atoms with van der Waals surface area (Å²) in [6.07, 6.45) is 0. The van der Waals surface area contributed by atoms with Crippen molar-refractivity contribution in [3.05, 3.63) is 70.1 Å². The molecule has 1 aromatic carbocycles. The number of halogens is 1. The second-order valence-electron chi connectivity index (χ2n) is 6.56. The Kier molecular flexibility index (Phi) is 4.68. The summed E-state index contributed by atoms with van der Waals surface area (Å²) in [5, 5.41) is 3.94. The van der Waals surface area contributed by atoms with Crippen LogP contribution in [0.1, 0.15) is 38.8 Å². The quantitative estimate of drug-likeness (QED) is 0.708. The average Bonchev–Trinajstić information content (AvgIpc) is 3.08. The minimum absolute atomic E-state index is 0.0774. The molecule has 6 heteroatoms. The molecule has 0 aliphatic heterocycles. The van der Waals surface area contributed by atoms with Gasteiger partial charge in [-0.15, -0.1) is 0 Å². The fourth-order valence-corrected chi connectivity index (χ4v) is 3.21. The lowest BCUT2D eigenvalue weighted by molar-refractivity contribution is 0.0784. The molecule has 0 aliphatic carbocycles. The molecule has 5 nitrogen and oxygen atoms in total. The third kappa shape index (κ3) is 3.14. The maximum absolute atomic E-state index is 13.2. The minimum Gasteiger partial charge on any atom is -0.361 e. The lowest BCUT2D eigenvalue weighted by Gasteiger charge is -2.17. The van der Waals surface area contributed by atoms with Crippen LogP contribution in [0.5, 0.6) is 0 Å². The van der Waals surface area contributed by atoms with Crippen molar-refractivity contribution in [3.8, 4) is 5.69 Å². The summed E-state index contributed by atoms with van der Waals surface area (Å²) in [7, 11) is 1.76. The van der Waals surface area contributed by atoms with Gasteiger partial charge in [-0.2, -0.15) is 0 Å². The molecule has 0 fully saturated rings. The van der Waals surface area contributed by atoms with E-state index in [4.69, 9.17) is 4.52 Å². The molecule has 0 saturated heterocycles. The van der Waals surface area contributed by atoms with Gasteiger partial charge in [-0.1, -0.05) is 5.16 Å². The van der Waals surface area contributed by atoms with Crippen LogP contribution in [0.25, 0.3) is 5.69 Å². The molecule has 0 aliphatic rings. The van der Waals surface area contributed by atoms with Gasteiger partial charge in [-0.05, 0) is 58.0 Å². The van der Waals surface area contributed by atoms with E-state index in [1.54, 1.807) is 24.1 Å². The molecular weight excluding hydrogens is 333 g/mol. The molecule has 0 bridgehead atoms. The Balaban J connectivity index is 1.91. The van der Waals surface area contributed by atoms with Crippen molar-refractivity contribution in [1.29, 1.82) is 0 Å². The third-order valence-electron chi connectivity index (χ3n) is 4.67. The van der Waals surface area contributed by atoms with Crippen molar-refractivity contribution >= 4 is 5.91 Å². The summed E-state index contributed by atoms with van der Waals surface area (Å²) >= 11 is 0. The van der Waals surface area contributed by atoms with E-state index in [0.717, 1.165) is 34.1 Å². The van der Waals surface area contributed by atoms with Crippen LogP contribution < -0.4 is 0 Å². The zero-order chi connectivity index (χ0) is 19.0. The Morgan fingerprint density at radius 3 is 2.42 bits per heavy atom.